The molecular formula is C23H20Cl3N3OS. The van der Waals surface area contributed by atoms with E-state index < -0.39 is 9.96 Å². The zero-order valence-corrected chi connectivity index (χ0v) is 19.6. The number of hydrogen-bond donors (Lipinski definition) is 3. The van der Waals surface area contributed by atoms with Gasteiger partial charge in [-0.3, -0.25) is 4.79 Å². The molecule has 0 saturated carbocycles. The minimum atomic E-state index is -1.83. The number of hydrogen-bond acceptors (Lipinski definition) is 2. The fourth-order valence-electron chi connectivity index (χ4n) is 2.79. The van der Waals surface area contributed by atoms with Gasteiger partial charge in [0.05, 0.1) is 0 Å². The number of halogens is 3. The van der Waals surface area contributed by atoms with Crippen LogP contribution in [-0.4, -0.2) is 21.0 Å². The van der Waals surface area contributed by atoms with Crippen LogP contribution in [0.4, 0.5) is 5.69 Å². The summed E-state index contributed by atoms with van der Waals surface area (Å²) in [6.07, 6.45) is -1.05. The molecule has 3 N–H and O–H groups in total. The van der Waals surface area contributed by atoms with Crippen LogP contribution < -0.4 is 16.0 Å². The van der Waals surface area contributed by atoms with Gasteiger partial charge in [-0.15, -0.1) is 0 Å². The third kappa shape index (κ3) is 6.84. The Balaban J connectivity index is 1.64. The van der Waals surface area contributed by atoms with Crippen molar-refractivity contribution in [2.24, 2.45) is 0 Å². The minimum Gasteiger partial charge on any atom is -0.339 e. The van der Waals surface area contributed by atoms with Gasteiger partial charge in [-0.05, 0) is 54.5 Å². The molecule has 0 aliphatic carbocycles. The molecule has 0 radical (unpaired) electrons. The summed E-state index contributed by atoms with van der Waals surface area (Å²) in [6, 6.07) is 24.8. The Kier molecular flexibility index (Phi) is 7.79. The molecular weight excluding hydrogens is 473 g/mol. The highest BCUT2D eigenvalue weighted by Crippen LogP contribution is 2.29. The first-order valence-electron chi connectivity index (χ1n) is 9.39. The number of amides is 1. The summed E-state index contributed by atoms with van der Waals surface area (Å²) >= 11 is 23.5. The van der Waals surface area contributed by atoms with Gasteiger partial charge >= 0.3 is 0 Å². The molecule has 1 atom stereocenters. The number of carbonyl (C=O) groups is 1. The van der Waals surface area contributed by atoms with Gasteiger partial charge in [-0.25, -0.2) is 0 Å². The Labute approximate surface area is 201 Å². The van der Waals surface area contributed by atoms with Crippen molar-refractivity contribution < 1.29 is 4.79 Å². The third-order valence-electron chi connectivity index (χ3n) is 4.44. The van der Waals surface area contributed by atoms with E-state index in [-0.39, 0.29) is 11.0 Å². The smallest absolute Gasteiger partial charge is 0.252 e. The average molecular weight is 493 g/mol. The molecule has 0 unspecified atom stereocenters. The Bertz CT molecular complexity index is 1040. The standard InChI is InChI=1S/C23H20Cl3N3OS/c1-15-7-9-18(10-8-15)20(30)28-21(23(24,25)26)29-22(31)27-19-13-11-17(12-14-19)16-5-3-2-4-6-16/h2-14,21H,1H3,(H,28,30)(H2,27,29,31)/t21-/m0/s1. The van der Waals surface area contributed by atoms with Crippen molar-refractivity contribution in [1.29, 1.82) is 0 Å². The molecule has 1 amide bonds. The minimum absolute atomic E-state index is 0.202. The molecule has 31 heavy (non-hydrogen) atoms. The number of nitrogens with one attached hydrogen (secondary N) is 3. The van der Waals surface area contributed by atoms with Crippen LogP contribution in [0.25, 0.3) is 11.1 Å². The lowest BCUT2D eigenvalue weighted by atomic mass is 10.1. The molecule has 3 aromatic rings. The van der Waals surface area contributed by atoms with Crippen LogP contribution in [0.3, 0.4) is 0 Å². The lowest BCUT2D eigenvalue weighted by molar-refractivity contribution is 0.0934. The SMILES string of the molecule is Cc1ccc(C(=O)N[C@@H](NC(=S)Nc2ccc(-c3ccccc3)cc2)C(Cl)(Cl)Cl)cc1. The van der Waals surface area contributed by atoms with Crippen molar-refractivity contribution in [2.75, 3.05) is 5.32 Å². The van der Waals surface area contributed by atoms with Crippen molar-refractivity contribution in [1.82, 2.24) is 10.6 Å². The fourth-order valence-corrected chi connectivity index (χ4v) is 3.36. The Hall–Kier alpha value is -2.31. The molecule has 8 heteroatoms. The highest BCUT2D eigenvalue weighted by molar-refractivity contribution is 7.80. The van der Waals surface area contributed by atoms with E-state index in [1.165, 1.54) is 0 Å². The highest BCUT2D eigenvalue weighted by atomic mass is 35.6. The Morgan fingerprint density at radius 2 is 1.42 bits per heavy atom. The van der Waals surface area contributed by atoms with Crippen molar-refractivity contribution in [3.8, 4) is 11.1 Å². The van der Waals surface area contributed by atoms with Crippen molar-refractivity contribution in [3.63, 3.8) is 0 Å². The predicted octanol–water partition coefficient (Wildman–Crippen LogP) is 6.07. The second-order valence-corrected chi connectivity index (χ2v) is 9.63. The van der Waals surface area contributed by atoms with E-state index in [1.54, 1.807) is 12.1 Å². The van der Waals surface area contributed by atoms with Gasteiger partial charge in [0.1, 0.15) is 6.17 Å². The van der Waals surface area contributed by atoms with Gasteiger partial charge in [0.15, 0.2) is 5.11 Å². The van der Waals surface area contributed by atoms with Crippen LogP contribution in [0.15, 0.2) is 78.9 Å². The number of anilines is 1. The van der Waals surface area contributed by atoms with E-state index in [1.807, 2.05) is 73.7 Å². The molecule has 3 aromatic carbocycles. The van der Waals surface area contributed by atoms with Gasteiger partial charge in [0.2, 0.25) is 3.79 Å². The number of benzene rings is 3. The second-order valence-electron chi connectivity index (χ2n) is 6.86. The first kappa shape index (κ1) is 23.4. The zero-order chi connectivity index (χ0) is 22.4. The molecule has 0 heterocycles. The monoisotopic (exact) mass is 491 g/mol. The number of aryl methyl sites for hydroxylation is 1. The molecule has 0 aliphatic rings. The summed E-state index contributed by atoms with van der Waals surface area (Å²) in [5.74, 6) is -0.390. The van der Waals surface area contributed by atoms with Crippen LogP contribution in [0.2, 0.25) is 0 Å². The molecule has 0 aliphatic heterocycles. The lowest BCUT2D eigenvalue weighted by Crippen LogP contribution is -2.56. The van der Waals surface area contributed by atoms with Crippen LogP contribution >= 0.6 is 47.0 Å². The van der Waals surface area contributed by atoms with Gasteiger partial charge in [0, 0.05) is 11.3 Å². The summed E-state index contributed by atoms with van der Waals surface area (Å²) in [7, 11) is 0. The summed E-state index contributed by atoms with van der Waals surface area (Å²) in [4.78, 5) is 12.5. The number of carbonyl (C=O) groups excluding carboxylic acids is 1. The van der Waals surface area contributed by atoms with E-state index in [0.29, 0.717) is 5.56 Å². The largest absolute Gasteiger partial charge is 0.339 e. The van der Waals surface area contributed by atoms with Crippen molar-refractivity contribution >= 4 is 63.7 Å². The van der Waals surface area contributed by atoms with Gasteiger partial charge in [-0.2, -0.15) is 0 Å². The second kappa shape index (κ2) is 10.3. The lowest BCUT2D eigenvalue weighted by Gasteiger charge is -2.27. The summed E-state index contributed by atoms with van der Waals surface area (Å²) in [6.45, 7) is 1.93. The number of alkyl halides is 3. The third-order valence-corrected chi connectivity index (χ3v) is 5.32. The van der Waals surface area contributed by atoms with E-state index in [2.05, 4.69) is 16.0 Å². The van der Waals surface area contributed by atoms with Gasteiger partial charge in [0.25, 0.3) is 5.91 Å². The predicted molar refractivity (Wildman–Crippen MR) is 134 cm³/mol. The topological polar surface area (TPSA) is 53.2 Å². The van der Waals surface area contributed by atoms with Crippen LogP contribution in [0.1, 0.15) is 15.9 Å². The Morgan fingerprint density at radius 1 is 0.839 bits per heavy atom. The number of rotatable bonds is 5. The van der Waals surface area contributed by atoms with Gasteiger partial charge < -0.3 is 16.0 Å². The maximum atomic E-state index is 12.5. The van der Waals surface area contributed by atoms with E-state index in [9.17, 15) is 4.79 Å². The first-order valence-corrected chi connectivity index (χ1v) is 10.9. The van der Waals surface area contributed by atoms with E-state index in [4.69, 9.17) is 47.0 Å². The Morgan fingerprint density at radius 3 is 2.00 bits per heavy atom. The molecule has 0 fully saturated rings. The van der Waals surface area contributed by atoms with E-state index >= 15 is 0 Å². The van der Waals surface area contributed by atoms with Crippen LogP contribution in [0.5, 0.6) is 0 Å². The van der Waals surface area contributed by atoms with Crippen molar-refractivity contribution in [3.05, 3.63) is 90.0 Å². The zero-order valence-electron chi connectivity index (χ0n) is 16.5. The average Bonchev–Trinajstić information content (AvgIpc) is 2.74. The summed E-state index contributed by atoms with van der Waals surface area (Å²) in [5.41, 5.74) is 4.43. The fraction of sp³-hybridized carbons (Fsp3) is 0.130. The molecule has 0 aromatic heterocycles. The quantitative estimate of drug-likeness (QED) is 0.230. The number of thiocarbonyl (C=S) groups is 1. The normalized spacial score (nSPS) is 12.0. The highest BCUT2D eigenvalue weighted by Gasteiger charge is 2.34. The summed E-state index contributed by atoms with van der Waals surface area (Å²) in [5, 5.41) is 8.76. The van der Waals surface area contributed by atoms with Gasteiger partial charge in [-0.1, -0.05) is 95.0 Å². The van der Waals surface area contributed by atoms with Crippen molar-refractivity contribution in [2.45, 2.75) is 16.9 Å². The first-order chi connectivity index (χ1) is 14.7. The molecule has 0 saturated heterocycles. The molecule has 3 rings (SSSR count). The van der Waals surface area contributed by atoms with E-state index in [0.717, 1.165) is 22.4 Å². The van der Waals surface area contributed by atoms with Crippen LogP contribution in [0, 0.1) is 6.92 Å². The summed E-state index contributed by atoms with van der Waals surface area (Å²) < 4.78 is -1.83. The molecule has 4 nitrogen and oxygen atoms in total. The molecule has 0 spiro atoms. The van der Waals surface area contributed by atoms with Crippen LogP contribution in [-0.2, 0) is 0 Å². The maximum absolute atomic E-state index is 12.5. The molecule has 160 valence electrons. The molecule has 0 bridgehead atoms. The maximum Gasteiger partial charge on any atom is 0.252 e.